The smallest absolute Gasteiger partial charge is 0.281 e. The van der Waals surface area contributed by atoms with Gasteiger partial charge in [-0.3, -0.25) is 14.5 Å². The highest BCUT2D eigenvalue weighted by atomic mass is 32.1. The summed E-state index contributed by atoms with van der Waals surface area (Å²) in [4.78, 5) is 19.0. The van der Waals surface area contributed by atoms with Gasteiger partial charge in [0.05, 0.1) is 18.5 Å². The molecule has 4 aromatic rings. The molecule has 0 radical (unpaired) electrons. The Labute approximate surface area is 207 Å². The van der Waals surface area contributed by atoms with Crippen molar-refractivity contribution >= 4 is 45.9 Å². The molecule has 0 unspecified atom stereocenters. The first-order chi connectivity index (χ1) is 16.9. The number of benzene rings is 2. The van der Waals surface area contributed by atoms with Crippen molar-refractivity contribution in [3.05, 3.63) is 83.4 Å². The number of rotatable bonds is 6. The number of aromatic nitrogens is 3. The lowest BCUT2D eigenvalue weighted by atomic mass is 10.1. The van der Waals surface area contributed by atoms with E-state index in [9.17, 15) is 4.79 Å². The number of fused-ring (bicyclic) bond motifs is 1. The number of nitrogens with zero attached hydrogens (tertiary/aromatic N) is 4. The molecule has 3 heterocycles. The molecule has 2 aromatic heterocycles. The third-order valence-corrected chi connectivity index (χ3v) is 5.99. The monoisotopic (exact) mass is 485 g/mol. The van der Waals surface area contributed by atoms with Gasteiger partial charge in [0, 0.05) is 30.4 Å². The van der Waals surface area contributed by atoms with Crippen LogP contribution in [0.3, 0.4) is 0 Å². The molecule has 176 valence electrons. The molecule has 1 aliphatic heterocycles. The lowest BCUT2D eigenvalue weighted by molar-refractivity contribution is -0.113. The minimum Gasteiger partial charge on any atom is -0.496 e. The number of hydrogen-bond donors (Lipinski definition) is 1. The molecule has 0 saturated carbocycles. The van der Waals surface area contributed by atoms with Crippen LogP contribution in [0.1, 0.15) is 16.8 Å². The van der Waals surface area contributed by atoms with E-state index in [1.807, 2.05) is 55.5 Å². The number of aryl methyl sites for hydroxylation is 2. The summed E-state index contributed by atoms with van der Waals surface area (Å²) in [6, 6.07) is 15.4. The molecule has 2 aromatic carbocycles. The zero-order valence-electron chi connectivity index (χ0n) is 19.5. The lowest BCUT2D eigenvalue weighted by Gasteiger charge is -2.13. The van der Waals surface area contributed by atoms with E-state index >= 15 is 0 Å². The average molecular weight is 486 g/mol. The Morgan fingerprint density at radius 2 is 1.97 bits per heavy atom. The van der Waals surface area contributed by atoms with Gasteiger partial charge in [-0.2, -0.15) is 5.10 Å². The first-order valence-corrected chi connectivity index (χ1v) is 11.4. The molecule has 1 aliphatic rings. The first kappa shape index (κ1) is 22.5. The van der Waals surface area contributed by atoms with Crippen LogP contribution in [-0.2, 0) is 18.4 Å². The zero-order valence-corrected chi connectivity index (χ0v) is 20.3. The van der Waals surface area contributed by atoms with E-state index in [0.29, 0.717) is 28.0 Å². The normalized spacial score (nSPS) is 14.6. The Morgan fingerprint density at radius 1 is 1.14 bits per heavy atom. The molecule has 1 saturated heterocycles. The summed E-state index contributed by atoms with van der Waals surface area (Å²) >= 11 is 5.43. The van der Waals surface area contributed by atoms with Gasteiger partial charge in [-0.15, -0.1) is 0 Å². The van der Waals surface area contributed by atoms with Gasteiger partial charge in [0.1, 0.15) is 29.3 Å². The van der Waals surface area contributed by atoms with Crippen LogP contribution in [0.25, 0.3) is 17.0 Å². The average Bonchev–Trinajstić information content (AvgIpc) is 3.33. The van der Waals surface area contributed by atoms with Gasteiger partial charge < -0.3 is 14.8 Å². The van der Waals surface area contributed by atoms with E-state index in [-0.39, 0.29) is 12.5 Å². The third kappa shape index (κ3) is 4.33. The van der Waals surface area contributed by atoms with Gasteiger partial charge in [-0.1, -0.05) is 24.3 Å². The number of anilines is 1. The topological polar surface area (TPSA) is 81.5 Å². The Kier molecular flexibility index (Phi) is 5.92. The molecular formula is C26H23N5O3S. The molecule has 5 rings (SSSR count). The molecule has 9 heteroatoms. The molecule has 1 amide bonds. The maximum atomic E-state index is 13.1. The molecule has 0 aliphatic carbocycles. The van der Waals surface area contributed by atoms with Crippen LogP contribution < -0.4 is 19.7 Å². The highest BCUT2D eigenvalue weighted by Crippen LogP contribution is 2.28. The Bertz CT molecular complexity index is 1490. The minimum atomic E-state index is -0.235. The molecule has 8 nitrogen and oxygen atoms in total. The van der Waals surface area contributed by atoms with Crippen molar-refractivity contribution in [2.45, 2.75) is 13.5 Å². The standard InChI is InChI=1S/C26H23N5O3S/c1-16-21(14-30(2)29-16)31-25(32)20(28-26(31)35)13-17-9-10-22(33-3)19(12-17)15-34-23-8-4-6-18-7-5-11-27-24(18)23/h4-14H,15H2,1-3H3,(H,28,35)/b20-13+. The largest absolute Gasteiger partial charge is 0.496 e. The number of pyridine rings is 1. The number of thiocarbonyl (C=S) groups is 1. The molecule has 0 atom stereocenters. The van der Waals surface area contributed by atoms with Crippen LogP contribution in [-0.4, -0.2) is 32.9 Å². The minimum absolute atomic E-state index is 0.235. The molecule has 1 N–H and O–H groups in total. The maximum absolute atomic E-state index is 13.1. The van der Waals surface area contributed by atoms with Crippen molar-refractivity contribution in [3.63, 3.8) is 0 Å². The summed E-state index contributed by atoms with van der Waals surface area (Å²) in [6.07, 6.45) is 5.28. The predicted molar refractivity (Wildman–Crippen MR) is 138 cm³/mol. The van der Waals surface area contributed by atoms with Crippen molar-refractivity contribution in [2.75, 3.05) is 12.0 Å². The van der Waals surface area contributed by atoms with Crippen LogP contribution in [0.5, 0.6) is 11.5 Å². The SMILES string of the molecule is COc1ccc(/C=C2/NC(=S)N(c3cn(C)nc3C)C2=O)cc1COc1cccc2cccnc12. The van der Waals surface area contributed by atoms with Crippen LogP contribution >= 0.6 is 12.2 Å². The van der Waals surface area contributed by atoms with E-state index in [1.165, 1.54) is 4.90 Å². The highest BCUT2D eigenvalue weighted by molar-refractivity contribution is 7.80. The summed E-state index contributed by atoms with van der Waals surface area (Å²) in [7, 11) is 3.42. The van der Waals surface area contributed by atoms with Crippen LogP contribution in [0.4, 0.5) is 5.69 Å². The highest BCUT2D eigenvalue weighted by Gasteiger charge is 2.33. The van der Waals surface area contributed by atoms with Gasteiger partial charge >= 0.3 is 0 Å². The third-order valence-electron chi connectivity index (χ3n) is 5.70. The lowest BCUT2D eigenvalue weighted by Crippen LogP contribution is -2.30. The summed E-state index contributed by atoms with van der Waals surface area (Å²) in [6.45, 7) is 2.12. The predicted octanol–water partition coefficient (Wildman–Crippen LogP) is 4.13. The zero-order chi connectivity index (χ0) is 24.5. The summed E-state index contributed by atoms with van der Waals surface area (Å²) in [5.41, 5.74) is 4.21. The number of carbonyl (C=O) groups is 1. The van der Waals surface area contributed by atoms with Crippen molar-refractivity contribution in [3.8, 4) is 11.5 Å². The maximum Gasteiger partial charge on any atom is 0.281 e. The van der Waals surface area contributed by atoms with Gasteiger partial charge in [-0.25, -0.2) is 4.90 Å². The first-order valence-electron chi connectivity index (χ1n) is 11.0. The molecule has 1 fully saturated rings. The van der Waals surface area contributed by atoms with Gasteiger partial charge in [0.25, 0.3) is 5.91 Å². The summed E-state index contributed by atoms with van der Waals surface area (Å²) in [5, 5.41) is 8.66. The number of carbonyl (C=O) groups excluding carboxylic acids is 1. The molecule has 35 heavy (non-hydrogen) atoms. The second-order valence-corrected chi connectivity index (χ2v) is 8.48. The van der Waals surface area contributed by atoms with Crippen LogP contribution in [0.2, 0.25) is 0 Å². The van der Waals surface area contributed by atoms with Crippen molar-refractivity contribution in [1.82, 2.24) is 20.1 Å². The fraction of sp³-hybridized carbons (Fsp3) is 0.154. The fourth-order valence-corrected chi connectivity index (χ4v) is 4.37. The van der Waals surface area contributed by atoms with E-state index in [1.54, 1.807) is 37.3 Å². The number of amides is 1. The number of hydrogen-bond acceptors (Lipinski definition) is 6. The number of para-hydroxylation sites is 1. The van der Waals surface area contributed by atoms with Crippen molar-refractivity contribution in [2.24, 2.45) is 7.05 Å². The number of ether oxygens (including phenoxy) is 2. The van der Waals surface area contributed by atoms with E-state index < -0.39 is 0 Å². The van der Waals surface area contributed by atoms with Gasteiger partial charge in [0.2, 0.25) is 0 Å². The second kappa shape index (κ2) is 9.19. The van der Waals surface area contributed by atoms with Crippen LogP contribution in [0.15, 0.2) is 66.6 Å². The number of nitrogens with one attached hydrogen (secondary N) is 1. The Hall–Kier alpha value is -4.24. The fourth-order valence-electron chi connectivity index (χ4n) is 4.08. The van der Waals surface area contributed by atoms with E-state index in [4.69, 9.17) is 21.7 Å². The summed E-state index contributed by atoms with van der Waals surface area (Å²) < 4.78 is 13.3. The van der Waals surface area contributed by atoms with Crippen molar-refractivity contribution in [1.29, 1.82) is 0 Å². The number of methoxy groups -OCH3 is 1. The summed E-state index contributed by atoms with van der Waals surface area (Å²) in [5.74, 6) is 1.14. The molecule has 0 spiro atoms. The van der Waals surface area contributed by atoms with Crippen LogP contribution in [0, 0.1) is 6.92 Å². The van der Waals surface area contributed by atoms with Crippen molar-refractivity contribution < 1.29 is 14.3 Å². The Morgan fingerprint density at radius 3 is 2.74 bits per heavy atom. The quantitative estimate of drug-likeness (QED) is 0.325. The van der Waals surface area contributed by atoms with Gasteiger partial charge in [0.15, 0.2) is 5.11 Å². The second-order valence-electron chi connectivity index (χ2n) is 8.09. The van der Waals surface area contributed by atoms with Gasteiger partial charge in [-0.05, 0) is 55.0 Å². The van der Waals surface area contributed by atoms with E-state index in [2.05, 4.69) is 15.4 Å². The molecule has 0 bridgehead atoms. The Balaban J connectivity index is 1.41. The van der Waals surface area contributed by atoms with E-state index in [0.717, 1.165) is 27.7 Å². The molecular weight excluding hydrogens is 462 g/mol.